The zero-order chi connectivity index (χ0) is 12.7. The number of aromatic nitrogens is 2. The summed E-state index contributed by atoms with van der Waals surface area (Å²) in [6, 6.07) is 3.93. The molecular formula is C13H17FN4. The number of nitrogens with zero attached hydrogens (tertiary/aromatic N) is 3. The van der Waals surface area contributed by atoms with Crippen LogP contribution < -0.4 is 10.6 Å². The molecule has 18 heavy (non-hydrogen) atoms. The number of benzene rings is 1. The number of rotatable bonds is 1. The van der Waals surface area contributed by atoms with Gasteiger partial charge in [-0.3, -0.25) is 4.68 Å². The smallest absolute Gasteiger partial charge is 0.118 e. The molecule has 1 saturated heterocycles. The third-order valence-electron chi connectivity index (χ3n) is 3.60. The zero-order valence-electron chi connectivity index (χ0n) is 10.4. The predicted octanol–water partition coefficient (Wildman–Crippen LogP) is 2.09. The zero-order valence-corrected chi connectivity index (χ0v) is 10.4. The van der Waals surface area contributed by atoms with Gasteiger partial charge in [-0.05, 0) is 25.0 Å². The molecule has 1 atom stereocenters. The summed E-state index contributed by atoms with van der Waals surface area (Å²) in [6.45, 7) is 1.31. The van der Waals surface area contributed by atoms with Crippen molar-refractivity contribution >= 4 is 22.3 Å². The molecule has 0 saturated carbocycles. The number of piperidine rings is 1. The first kappa shape index (κ1) is 11.3. The number of anilines is 2. The van der Waals surface area contributed by atoms with Crippen molar-refractivity contribution < 1.29 is 4.39 Å². The van der Waals surface area contributed by atoms with Crippen molar-refractivity contribution in [2.75, 3.05) is 23.7 Å². The molecule has 1 unspecified atom stereocenters. The van der Waals surface area contributed by atoms with Crippen LogP contribution in [0.3, 0.4) is 0 Å². The highest BCUT2D eigenvalue weighted by atomic mass is 19.1. The van der Waals surface area contributed by atoms with Gasteiger partial charge in [0.2, 0.25) is 0 Å². The quantitative estimate of drug-likeness (QED) is 0.786. The second-order valence-electron chi connectivity index (χ2n) is 4.92. The average molecular weight is 248 g/mol. The lowest BCUT2D eigenvalue weighted by Crippen LogP contribution is -2.36. The Morgan fingerprint density at radius 1 is 1.44 bits per heavy atom. The molecular weight excluding hydrogens is 231 g/mol. The molecule has 1 aromatic carbocycles. The minimum absolute atomic E-state index is 0.440. The van der Waals surface area contributed by atoms with Gasteiger partial charge >= 0.3 is 0 Å². The maximum atomic E-state index is 13.5. The highest BCUT2D eigenvalue weighted by Crippen LogP contribution is 2.31. The Hall–Kier alpha value is -1.78. The van der Waals surface area contributed by atoms with Gasteiger partial charge in [0.25, 0.3) is 0 Å². The van der Waals surface area contributed by atoms with Gasteiger partial charge in [-0.15, -0.1) is 0 Å². The lowest BCUT2D eigenvalue weighted by Gasteiger charge is -2.31. The monoisotopic (exact) mass is 248 g/mol. The molecule has 0 radical (unpaired) electrons. The summed E-state index contributed by atoms with van der Waals surface area (Å²) < 4.78 is 15.3. The van der Waals surface area contributed by atoms with E-state index in [0.29, 0.717) is 18.7 Å². The predicted molar refractivity (Wildman–Crippen MR) is 71.5 cm³/mol. The van der Waals surface area contributed by atoms with Crippen LogP contribution in [0.5, 0.6) is 0 Å². The second-order valence-corrected chi connectivity index (χ2v) is 4.92. The van der Waals surface area contributed by atoms with Gasteiger partial charge in [-0.1, -0.05) is 0 Å². The Morgan fingerprint density at radius 3 is 3.06 bits per heavy atom. The van der Waals surface area contributed by atoms with Gasteiger partial charge in [0.05, 0.1) is 23.1 Å². The molecule has 2 aromatic rings. The minimum atomic E-state index is -0.747. The molecule has 1 aliphatic rings. The van der Waals surface area contributed by atoms with Gasteiger partial charge in [0.15, 0.2) is 0 Å². The first-order valence-electron chi connectivity index (χ1n) is 6.25. The molecule has 2 N–H and O–H groups in total. The van der Waals surface area contributed by atoms with Crippen LogP contribution in [-0.2, 0) is 7.05 Å². The molecule has 0 amide bonds. The summed E-state index contributed by atoms with van der Waals surface area (Å²) >= 11 is 0. The molecule has 5 heteroatoms. The van der Waals surface area contributed by atoms with E-state index in [1.807, 2.05) is 30.3 Å². The molecule has 96 valence electrons. The van der Waals surface area contributed by atoms with E-state index >= 15 is 0 Å². The van der Waals surface area contributed by atoms with Crippen LogP contribution in [0.4, 0.5) is 15.8 Å². The molecule has 2 heterocycles. The van der Waals surface area contributed by atoms with Crippen molar-refractivity contribution in [3.05, 3.63) is 18.3 Å². The van der Waals surface area contributed by atoms with Crippen molar-refractivity contribution in [3.63, 3.8) is 0 Å². The molecule has 0 spiro atoms. The highest BCUT2D eigenvalue weighted by Gasteiger charge is 2.21. The standard InChI is InChI=1S/C13H17FN4/c1-17-12-6-11(15)13(5-9(12)7-16-17)18-4-2-3-10(14)8-18/h5-7,10H,2-4,8,15H2,1H3. The summed E-state index contributed by atoms with van der Waals surface area (Å²) in [5, 5.41) is 5.25. The fourth-order valence-corrected chi connectivity index (χ4v) is 2.62. The lowest BCUT2D eigenvalue weighted by atomic mass is 10.1. The van der Waals surface area contributed by atoms with E-state index < -0.39 is 6.17 Å². The maximum absolute atomic E-state index is 13.5. The van der Waals surface area contributed by atoms with Gasteiger partial charge in [0, 0.05) is 25.5 Å². The van der Waals surface area contributed by atoms with Crippen LogP contribution in [0.2, 0.25) is 0 Å². The van der Waals surface area contributed by atoms with Crippen molar-refractivity contribution in [1.29, 1.82) is 0 Å². The number of fused-ring (bicyclic) bond motifs is 1. The van der Waals surface area contributed by atoms with Gasteiger partial charge in [-0.2, -0.15) is 5.10 Å². The van der Waals surface area contributed by atoms with Crippen molar-refractivity contribution in [1.82, 2.24) is 9.78 Å². The summed E-state index contributed by atoms with van der Waals surface area (Å²) in [7, 11) is 1.89. The molecule has 0 bridgehead atoms. The van der Waals surface area contributed by atoms with E-state index in [0.717, 1.165) is 29.6 Å². The summed E-state index contributed by atoms with van der Waals surface area (Å²) in [5.74, 6) is 0. The number of alkyl halides is 1. The van der Waals surface area contributed by atoms with E-state index in [2.05, 4.69) is 5.10 Å². The normalized spacial score (nSPS) is 20.6. The van der Waals surface area contributed by atoms with Gasteiger partial charge in [0.1, 0.15) is 6.17 Å². The fraction of sp³-hybridized carbons (Fsp3) is 0.462. The van der Waals surface area contributed by atoms with Crippen LogP contribution in [0.15, 0.2) is 18.3 Å². The SMILES string of the molecule is Cn1ncc2cc(N3CCCC(F)C3)c(N)cc21. The second kappa shape index (κ2) is 4.15. The van der Waals surface area contributed by atoms with E-state index in [4.69, 9.17) is 5.73 Å². The number of hydrogen-bond acceptors (Lipinski definition) is 3. The lowest BCUT2D eigenvalue weighted by molar-refractivity contribution is 0.287. The molecule has 4 nitrogen and oxygen atoms in total. The number of halogens is 1. The average Bonchev–Trinajstić information content (AvgIpc) is 2.70. The summed E-state index contributed by atoms with van der Waals surface area (Å²) in [6.07, 6.45) is 2.61. The number of nitrogen functional groups attached to an aromatic ring is 1. The van der Waals surface area contributed by atoms with E-state index in [1.54, 1.807) is 4.68 Å². The summed E-state index contributed by atoms with van der Waals surface area (Å²) in [4.78, 5) is 2.04. The largest absolute Gasteiger partial charge is 0.397 e. The topological polar surface area (TPSA) is 47.1 Å². The molecule has 0 aliphatic carbocycles. The molecule has 1 aliphatic heterocycles. The number of hydrogen-bond donors (Lipinski definition) is 1. The van der Waals surface area contributed by atoms with Crippen molar-refractivity contribution in [2.45, 2.75) is 19.0 Å². The Balaban J connectivity index is 2.03. The molecule has 1 fully saturated rings. The van der Waals surface area contributed by atoms with Gasteiger partial charge in [-0.25, -0.2) is 4.39 Å². The van der Waals surface area contributed by atoms with Crippen LogP contribution in [0.1, 0.15) is 12.8 Å². The Kier molecular flexibility index (Phi) is 2.61. The Bertz CT molecular complexity index is 578. The third kappa shape index (κ3) is 1.79. The van der Waals surface area contributed by atoms with E-state index in [1.165, 1.54) is 0 Å². The van der Waals surface area contributed by atoms with Crippen molar-refractivity contribution in [2.24, 2.45) is 7.05 Å². The third-order valence-corrected chi connectivity index (χ3v) is 3.60. The number of aryl methyl sites for hydroxylation is 1. The Labute approximate surface area is 105 Å². The van der Waals surface area contributed by atoms with Crippen molar-refractivity contribution in [3.8, 4) is 0 Å². The highest BCUT2D eigenvalue weighted by molar-refractivity contribution is 5.89. The molecule has 1 aromatic heterocycles. The summed E-state index contributed by atoms with van der Waals surface area (Å²) in [5.41, 5.74) is 8.71. The first-order valence-corrected chi connectivity index (χ1v) is 6.25. The first-order chi connectivity index (χ1) is 8.65. The van der Waals surface area contributed by atoms with E-state index in [-0.39, 0.29) is 0 Å². The van der Waals surface area contributed by atoms with E-state index in [9.17, 15) is 4.39 Å². The number of nitrogens with two attached hydrogens (primary N) is 1. The van der Waals surface area contributed by atoms with Crippen LogP contribution in [0.25, 0.3) is 10.9 Å². The van der Waals surface area contributed by atoms with Gasteiger partial charge < -0.3 is 10.6 Å². The fourth-order valence-electron chi connectivity index (χ4n) is 2.62. The molecule has 3 rings (SSSR count). The van der Waals surface area contributed by atoms with Crippen LogP contribution in [-0.4, -0.2) is 29.0 Å². The maximum Gasteiger partial charge on any atom is 0.118 e. The Morgan fingerprint density at radius 2 is 2.28 bits per heavy atom. The minimum Gasteiger partial charge on any atom is -0.397 e. The van der Waals surface area contributed by atoms with Crippen LogP contribution >= 0.6 is 0 Å². The van der Waals surface area contributed by atoms with Crippen LogP contribution in [0, 0.1) is 0 Å².